The van der Waals surface area contributed by atoms with Crippen molar-refractivity contribution in [1.82, 2.24) is 4.90 Å². The highest BCUT2D eigenvalue weighted by molar-refractivity contribution is 5.92. The van der Waals surface area contributed by atoms with Gasteiger partial charge in [0, 0.05) is 25.3 Å². The number of likely N-dealkylation sites (N-methyl/N-ethyl adjacent to an activating group) is 1. The summed E-state index contributed by atoms with van der Waals surface area (Å²) in [5.41, 5.74) is 0.586. The van der Waals surface area contributed by atoms with Crippen LogP contribution in [-0.2, 0) is 4.79 Å². The molecule has 0 aliphatic rings. The van der Waals surface area contributed by atoms with E-state index in [9.17, 15) is 4.79 Å². The highest BCUT2D eigenvalue weighted by atomic mass is 16.2. The van der Waals surface area contributed by atoms with E-state index in [-0.39, 0.29) is 12.5 Å². The van der Waals surface area contributed by atoms with Crippen molar-refractivity contribution in [3.8, 4) is 0 Å². The van der Waals surface area contributed by atoms with Crippen molar-refractivity contribution in [3.05, 3.63) is 37.5 Å². The van der Waals surface area contributed by atoms with Crippen molar-refractivity contribution in [1.29, 1.82) is 0 Å². The number of rotatable bonds is 9. The first kappa shape index (κ1) is 20.0. The van der Waals surface area contributed by atoms with Crippen LogP contribution in [0.4, 0.5) is 0 Å². The van der Waals surface area contributed by atoms with Crippen LogP contribution in [0, 0.1) is 0 Å². The van der Waals surface area contributed by atoms with E-state index in [4.69, 9.17) is 5.11 Å². The zero-order valence-electron chi connectivity index (χ0n) is 12.5. The predicted octanol–water partition coefficient (Wildman–Crippen LogP) is 3.32. The summed E-state index contributed by atoms with van der Waals surface area (Å²) in [4.78, 5) is 13.4. The van der Waals surface area contributed by atoms with Gasteiger partial charge in [0.1, 0.15) is 0 Å². The summed E-state index contributed by atoms with van der Waals surface area (Å²) in [7, 11) is 0. The molecule has 3 heteroatoms. The molecule has 1 N–H and O–H groups in total. The Bertz CT molecular complexity index is 272. The first-order valence-electron chi connectivity index (χ1n) is 6.84. The lowest BCUT2D eigenvalue weighted by Crippen LogP contribution is -2.31. The Hall–Kier alpha value is -1.35. The van der Waals surface area contributed by atoms with Crippen LogP contribution in [-0.4, -0.2) is 35.6 Å². The molecule has 0 radical (unpaired) electrons. The number of hydrogen-bond acceptors (Lipinski definition) is 2. The number of aliphatic hydroxyl groups excluding tert-OH is 1. The Morgan fingerprint density at radius 2 is 1.84 bits per heavy atom. The quantitative estimate of drug-likeness (QED) is 0.395. The van der Waals surface area contributed by atoms with E-state index < -0.39 is 0 Å². The molecule has 0 heterocycles. The van der Waals surface area contributed by atoms with Gasteiger partial charge in [-0.15, -0.1) is 13.2 Å². The minimum absolute atomic E-state index is 0.0254. The van der Waals surface area contributed by atoms with Crippen LogP contribution in [0.2, 0.25) is 0 Å². The molecule has 0 saturated heterocycles. The summed E-state index contributed by atoms with van der Waals surface area (Å²) in [5.74, 6) is 0.0254. The Labute approximate surface area is 118 Å². The summed E-state index contributed by atoms with van der Waals surface area (Å²) in [5, 5.41) is 8.62. The average molecular weight is 267 g/mol. The first-order chi connectivity index (χ1) is 9.13. The molecule has 0 bridgehead atoms. The summed E-state index contributed by atoms with van der Waals surface area (Å²) >= 11 is 0. The number of carbonyl (C=O) groups is 1. The van der Waals surface area contributed by atoms with Crippen molar-refractivity contribution in [2.45, 2.75) is 39.5 Å². The zero-order chi connectivity index (χ0) is 15.1. The van der Waals surface area contributed by atoms with Gasteiger partial charge in [0.25, 0.3) is 0 Å². The van der Waals surface area contributed by atoms with E-state index in [0.717, 1.165) is 25.7 Å². The number of nitrogens with zero attached hydrogens (tertiary/aromatic N) is 1. The van der Waals surface area contributed by atoms with Crippen LogP contribution in [0.15, 0.2) is 37.5 Å². The molecule has 0 aliphatic carbocycles. The highest BCUT2D eigenvalue weighted by Crippen LogP contribution is 2.02. The third-order valence-electron chi connectivity index (χ3n) is 2.56. The van der Waals surface area contributed by atoms with Crippen LogP contribution in [0.25, 0.3) is 0 Å². The van der Waals surface area contributed by atoms with E-state index in [0.29, 0.717) is 18.7 Å². The lowest BCUT2D eigenvalue weighted by molar-refractivity contribution is -0.126. The Morgan fingerprint density at radius 3 is 2.32 bits per heavy atom. The standard InChI is InChI=1S/C14H25NO2.C2H4/c1-4-15(14(17)13(2)3)11-9-7-5-6-8-10-12-16;1-2/h7,9,16H,2,4-6,8,10-12H2,1,3H3;1-2H2/b9-7+;. The SMILES string of the molecule is C=C.C=C(C)C(=O)N(CC)C/C=C/CCCCCO. The number of hydrogen-bond donors (Lipinski definition) is 1. The number of amides is 1. The van der Waals surface area contributed by atoms with Crippen LogP contribution in [0.5, 0.6) is 0 Å². The lowest BCUT2D eigenvalue weighted by Gasteiger charge is -2.18. The molecule has 0 aromatic carbocycles. The maximum Gasteiger partial charge on any atom is 0.249 e. The maximum absolute atomic E-state index is 11.6. The first-order valence-corrected chi connectivity index (χ1v) is 6.84. The fourth-order valence-electron chi connectivity index (χ4n) is 1.50. The smallest absolute Gasteiger partial charge is 0.249 e. The summed E-state index contributed by atoms with van der Waals surface area (Å²) in [6, 6.07) is 0. The molecule has 0 unspecified atom stereocenters. The lowest BCUT2D eigenvalue weighted by atomic mass is 10.2. The molecule has 3 nitrogen and oxygen atoms in total. The van der Waals surface area contributed by atoms with Crippen LogP contribution in [0.3, 0.4) is 0 Å². The number of unbranched alkanes of at least 4 members (excludes halogenated alkanes) is 3. The van der Waals surface area contributed by atoms with E-state index in [2.05, 4.69) is 25.8 Å². The van der Waals surface area contributed by atoms with E-state index in [1.165, 1.54) is 0 Å². The fraction of sp³-hybridized carbons (Fsp3) is 0.562. The van der Waals surface area contributed by atoms with Gasteiger partial charge in [-0.25, -0.2) is 0 Å². The van der Waals surface area contributed by atoms with Gasteiger partial charge >= 0.3 is 0 Å². The summed E-state index contributed by atoms with van der Waals surface area (Å²) < 4.78 is 0. The normalized spacial score (nSPS) is 9.84. The number of allylic oxidation sites excluding steroid dienone is 1. The van der Waals surface area contributed by atoms with Gasteiger partial charge in [0.2, 0.25) is 5.91 Å². The van der Waals surface area contributed by atoms with Gasteiger partial charge < -0.3 is 10.0 Å². The van der Waals surface area contributed by atoms with E-state index in [1.54, 1.807) is 11.8 Å². The molecule has 0 spiro atoms. The van der Waals surface area contributed by atoms with Gasteiger partial charge in [-0.05, 0) is 33.1 Å². The highest BCUT2D eigenvalue weighted by Gasteiger charge is 2.09. The van der Waals surface area contributed by atoms with Crippen LogP contribution >= 0.6 is 0 Å². The molecule has 1 amide bonds. The van der Waals surface area contributed by atoms with Gasteiger partial charge in [-0.1, -0.05) is 25.2 Å². The average Bonchev–Trinajstić information content (AvgIpc) is 2.43. The molecule has 19 heavy (non-hydrogen) atoms. The van der Waals surface area contributed by atoms with Crippen molar-refractivity contribution < 1.29 is 9.90 Å². The monoisotopic (exact) mass is 267 g/mol. The van der Waals surface area contributed by atoms with E-state index in [1.807, 2.05) is 13.0 Å². The van der Waals surface area contributed by atoms with Crippen molar-refractivity contribution in [3.63, 3.8) is 0 Å². The molecular weight excluding hydrogens is 238 g/mol. The van der Waals surface area contributed by atoms with Gasteiger partial charge in [-0.2, -0.15) is 0 Å². The van der Waals surface area contributed by atoms with Crippen molar-refractivity contribution in [2.24, 2.45) is 0 Å². The minimum atomic E-state index is 0.0254. The molecule has 0 rings (SSSR count). The zero-order valence-corrected chi connectivity index (χ0v) is 12.5. The molecule has 110 valence electrons. The molecule has 0 saturated carbocycles. The summed E-state index contributed by atoms with van der Waals surface area (Å²) in [6.07, 6.45) is 8.18. The Kier molecular flexibility index (Phi) is 15.5. The molecule has 0 aliphatic heterocycles. The molecule has 0 fully saturated rings. The second kappa shape index (κ2) is 14.7. The van der Waals surface area contributed by atoms with Gasteiger partial charge in [0.15, 0.2) is 0 Å². The maximum atomic E-state index is 11.6. The third kappa shape index (κ3) is 11.5. The Morgan fingerprint density at radius 1 is 1.21 bits per heavy atom. The number of aliphatic hydroxyl groups is 1. The Balaban J connectivity index is 0. The van der Waals surface area contributed by atoms with Gasteiger partial charge in [0.05, 0.1) is 0 Å². The largest absolute Gasteiger partial charge is 0.396 e. The third-order valence-corrected chi connectivity index (χ3v) is 2.56. The molecule has 0 aromatic rings. The molecule has 0 aromatic heterocycles. The fourth-order valence-corrected chi connectivity index (χ4v) is 1.50. The topological polar surface area (TPSA) is 40.5 Å². The van der Waals surface area contributed by atoms with Gasteiger partial charge in [-0.3, -0.25) is 4.79 Å². The second-order valence-electron chi connectivity index (χ2n) is 4.17. The minimum Gasteiger partial charge on any atom is -0.396 e. The predicted molar refractivity (Wildman–Crippen MR) is 83.0 cm³/mol. The number of carbonyl (C=O) groups excluding carboxylic acids is 1. The van der Waals surface area contributed by atoms with Crippen LogP contribution < -0.4 is 0 Å². The van der Waals surface area contributed by atoms with Crippen molar-refractivity contribution >= 4 is 5.91 Å². The molecular formula is C16H29NO2. The van der Waals surface area contributed by atoms with E-state index >= 15 is 0 Å². The second-order valence-corrected chi connectivity index (χ2v) is 4.17. The molecule has 0 atom stereocenters. The summed E-state index contributed by atoms with van der Waals surface area (Å²) in [6.45, 7) is 15.0. The van der Waals surface area contributed by atoms with Crippen LogP contribution in [0.1, 0.15) is 39.5 Å². The van der Waals surface area contributed by atoms with Crippen molar-refractivity contribution in [2.75, 3.05) is 19.7 Å².